The van der Waals surface area contributed by atoms with Gasteiger partial charge in [0.2, 0.25) is 0 Å². The van der Waals surface area contributed by atoms with Crippen molar-refractivity contribution in [2.24, 2.45) is 5.92 Å². The standard InChI is InChI=1S/C13H19BrN2O2/c1-4-9(2)12(13(17)18-3)16-7-10-5-11(14)8-15-6-10/h5-6,8-9,12,16H,4,7H2,1-3H3. The average molecular weight is 315 g/mol. The normalized spacial score (nSPS) is 14.0. The molecule has 2 atom stereocenters. The number of ether oxygens (including phenoxy) is 1. The van der Waals surface area contributed by atoms with E-state index in [2.05, 4.69) is 33.2 Å². The zero-order valence-electron chi connectivity index (χ0n) is 10.9. The van der Waals surface area contributed by atoms with E-state index >= 15 is 0 Å². The number of carbonyl (C=O) groups excluding carboxylic acids is 1. The predicted octanol–water partition coefficient (Wildman–Crippen LogP) is 2.52. The van der Waals surface area contributed by atoms with E-state index in [1.807, 2.05) is 13.0 Å². The fourth-order valence-electron chi connectivity index (χ4n) is 1.66. The molecule has 0 saturated heterocycles. The fraction of sp³-hybridized carbons (Fsp3) is 0.538. The van der Waals surface area contributed by atoms with Crippen LogP contribution in [0.25, 0.3) is 0 Å². The van der Waals surface area contributed by atoms with Gasteiger partial charge in [0, 0.05) is 23.4 Å². The van der Waals surface area contributed by atoms with Crippen LogP contribution in [0.15, 0.2) is 22.9 Å². The lowest BCUT2D eigenvalue weighted by Crippen LogP contribution is -2.42. The van der Waals surface area contributed by atoms with Crippen molar-refractivity contribution in [1.82, 2.24) is 10.3 Å². The highest BCUT2D eigenvalue weighted by molar-refractivity contribution is 9.10. The van der Waals surface area contributed by atoms with Crippen molar-refractivity contribution < 1.29 is 9.53 Å². The van der Waals surface area contributed by atoms with Crippen LogP contribution in [0.3, 0.4) is 0 Å². The number of aromatic nitrogens is 1. The summed E-state index contributed by atoms with van der Waals surface area (Å²) in [5.41, 5.74) is 1.03. The van der Waals surface area contributed by atoms with E-state index in [9.17, 15) is 4.79 Å². The maximum atomic E-state index is 11.7. The van der Waals surface area contributed by atoms with Crippen molar-refractivity contribution in [3.05, 3.63) is 28.5 Å². The van der Waals surface area contributed by atoms with E-state index in [1.165, 1.54) is 7.11 Å². The maximum absolute atomic E-state index is 11.7. The van der Waals surface area contributed by atoms with Crippen LogP contribution < -0.4 is 5.32 Å². The van der Waals surface area contributed by atoms with Gasteiger partial charge in [0.15, 0.2) is 0 Å². The van der Waals surface area contributed by atoms with Crippen molar-refractivity contribution in [3.63, 3.8) is 0 Å². The van der Waals surface area contributed by atoms with Gasteiger partial charge in [-0.3, -0.25) is 9.78 Å². The van der Waals surface area contributed by atoms with Crippen molar-refractivity contribution in [2.75, 3.05) is 7.11 Å². The molecule has 4 nitrogen and oxygen atoms in total. The number of nitrogens with one attached hydrogen (secondary N) is 1. The van der Waals surface area contributed by atoms with Crippen molar-refractivity contribution >= 4 is 21.9 Å². The molecule has 1 heterocycles. The minimum absolute atomic E-state index is 0.215. The van der Waals surface area contributed by atoms with Crippen LogP contribution in [0.2, 0.25) is 0 Å². The number of nitrogens with zero attached hydrogens (tertiary/aromatic N) is 1. The third-order valence-corrected chi connectivity index (χ3v) is 3.39. The molecule has 1 aromatic rings. The number of hydrogen-bond donors (Lipinski definition) is 1. The fourth-order valence-corrected chi connectivity index (χ4v) is 2.07. The van der Waals surface area contributed by atoms with Gasteiger partial charge in [0.1, 0.15) is 6.04 Å². The average Bonchev–Trinajstić information content (AvgIpc) is 2.38. The van der Waals surface area contributed by atoms with Crippen LogP contribution >= 0.6 is 15.9 Å². The molecule has 0 fully saturated rings. The van der Waals surface area contributed by atoms with Crippen LogP contribution in [0.1, 0.15) is 25.8 Å². The first-order valence-electron chi connectivity index (χ1n) is 5.99. The molecule has 0 aromatic carbocycles. The van der Waals surface area contributed by atoms with Gasteiger partial charge in [0.25, 0.3) is 0 Å². The van der Waals surface area contributed by atoms with Crippen LogP contribution in [0.4, 0.5) is 0 Å². The number of rotatable bonds is 6. The lowest BCUT2D eigenvalue weighted by Gasteiger charge is -2.21. The minimum Gasteiger partial charge on any atom is -0.468 e. The molecule has 1 aromatic heterocycles. The Bertz CT molecular complexity index is 398. The lowest BCUT2D eigenvalue weighted by molar-refractivity contribution is -0.144. The Kier molecular flexibility index (Phi) is 6.29. The van der Waals surface area contributed by atoms with Gasteiger partial charge in [-0.2, -0.15) is 0 Å². The Hall–Kier alpha value is -0.940. The predicted molar refractivity (Wildman–Crippen MR) is 74.0 cm³/mol. The van der Waals surface area contributed by atoms with E-state index in [1.54, 1.807) is 12.4 Å². The van der Waals surface area contributed by atoms with Gasteiger partial charge >= 0.3 is 5.97 Å². The quantitative estimate of drug-likeness (QED) is 0.820. The Labute approximate surface area is 116 Å². The molecule has 0 amide bonds. The summed E-state index contributed by atoms with van der Waals surface area (Å²) in [6, 6.07) is 1.70. The van der Waals surface area contributed by atoms with E-state index in [0.29, 0.717) is 6.54 Å². The smallest absolute Gasteiger partial charge is 0.323 e. The molecular formula is C13H19BrN2O2. The second kappa shape index (κ2) is 7.48. The summed E-state index contributed by atoms with van der Waals surface area (Å²) < 4.78 is 5.75. The highest BCUT2D eigenvalue weighted by Crippen LogP contribution is 2.12. The zero-order valence-corrected chi connectivity index (χ0v) is 12.5. The molecule has 0 radical (unpaired) electrons. The highest BCUT2D eigenvalue weighted by Gasteiger charge is 2.24. The Morgan fingerprint density at radius 2 is 2.28 bits per heavy atom. The largest absolute Gasteiger partial charge is 0.468 e. The third-order valence-electron chi connectivity index (χ3n) is 2.96. The summed E-state index contributed by atoms with van der Waals surface area (Å²) in [7, 11) is 1.42. The van der Waals surface area contributed by atoms with Gasteiger partial charge in [-0.1, -0.05) is 20.3 Å². The Morgan fingerprint density at radius 3 is 2.83 bits per heavy atom. The van der Waals surface area contributed by atoms with E-state index < -0.39 is 0 Å². The molecule has 1 N–H and O–H groups in total. The van der Waals surface area contributed by atoms with Crippen LogP contribution in [0, 0.1) is 5.92 Å². The lowest BCUT2D eigenvalue weighted by atomic mass is 9.99. The summed E-state index contributed by atoms with van der Waals surface area (Å²) in [5, 5.41) is 3.23. The Balaban J connectivity index is 2.64. The monoisotopic (exact) mass is 314 g/mol. The number of hydrogen-bond acceptors (Lipinski definition) is 4. The van der Waals surface area contributed by atoms with E-state index in [-0.39, 0.29) is 17.9 Å². The van der Waals surface area contributed by atoms with Crippen LogP contribution in [0.5, 0.6) is 0 Å². The van der Waals surface area contributed by atoms with Gasteiger partial charge in [-0.25, -0.2) is 0 Å². The van der Waals surface area contributed by atoms with Gasteiger partial charge < -0.3 is 10.1 Å². The highest BCUT2D eigenvalue weighted by atomic mass is 79.9. The summed E-state index contributed by atoms with van der Waals surface area (Å²) in [6.45, 7) is 4.69. The molecule has 0 saturated carbocycles. The van der Waals surface area contributed by atoms with E-state index in [0.717, 1.165) is 16.5 Å². The zero-order chi connectivity index (χ0) is 13.5. The molecule has 0 spiro atoms. The topological polar surface area (TPSA) is 51.2 Å². The van der Waals surface area contributed by atoms with Gasteiger partial charge in [-0.15, -0.1) is 0 Å². The number of pyridine rings is 1. The molecule has 0 aliphatic heterocycles. The van der Waals surface area contributed by atoms with Crippen LogP contribution in [-0.2, 0) is 16.1 Å². The summed E-state index contributed by atoms with van der Waals surface area (Å²) in [6.07, 6.45) is 4.43. The number of methoxy groups -OCH3 is 1. The molecule has 100 valence electrons. The summed E-state index contributed by atoms with van der Waals surface area (Å²) in [4.78, 5) is 15.8. The van der Waals surface area contributed by atoms with Gasteiger partial charge in [0.05, 0.1) is 7.11 Å². The second-order valence-electron chi connectivity index (χ2n) is 4.28. The second-order valence-corrected chi connectivity index (χ2v) is 5.19. The summed E-state index contributed by atoms with van der Waals surface area (Å²) >= 11 is 3.37. The first kappa shape index (κ1) is 15.1. The molecule has 18 heavy (non-hydrogen) atoms. The first-order chi connectivity index (χ1) is 8.58. The molecule has 0 aliphatic rings. The molecule has 2 unspecified atom stereocenters. The molecular weight excluding hydrogens is 296 g/mol. The SMILES string of the molecule is CCC(C)C(NCc1cncc(Br)c1)C(=O)OC. The minimum atomic E-state index is -0.279. The molecule has 0 bridgehead atoms. The number of carbonyl (C=O) groups is 1. The Morgan fingerprint density at radius 1 is 1.56 bits per heavy atom. The third kappa shape index (κ3) is 4.38. The maximum Gasteiger partial charge on any atom is 0.323 e. The number of halogens is 1. The van der Waals surface area contributed by atoms with Crippen LogP contribution in [-0.4, -0.2) is 24.1 Å². The number of esters is 1. The summed E-state index contributed by atoms with van der Waals surface area (Å²) in [5.74, 6) is 0.0184. The van der Waals surface area contributed by atoms with Crippen molar-refractivity contribution in [2.45, 2.75) is 32.9 Å². The molecule has 1 rings (SSSR count). The van der Waals surface area contributed by atoms with Crippen molar-refractivity contribution in [3.8, 4) is 0 Å². The van der Waals surface area contributed by atoms with E-state index in [4.69, 9.17) is 4.74 Å². The molecule has 0 aliphatic carbocycles. The first-order valence-corrected chi connectivity index (χ1v) is 6.78. The molecule has 5 heteroatoms. The van der Waals surface area contributed by atoms with Gasteiger partial charge in [-0.05, 0) is 33.5 Å². The van der Waals surface area contributed by atoms with Crippen molar-refractivity contribution in [1.29, 1.82) is 0 Å².